The molecule has 2 aliphatic rings. The van der Waals surface area contributed by atoms with Crippen molar-refractivity contribution in [3.8, 4) is 0 Å². The smallest absolute Gasteiger partial charge is 0.278 e. The molecule has 1 saturated carbocycles. The predicted octanol–water partition coefficient (Wildman–Crippen LogP) is 1.31. The molecule has 1 heterocycles. The van der Waals surface area contributed by atoms with E-state index < -0.39 is 10.0 Å². The van der Waals surface area contributed by atoms with E-state index in [1.165, 1.54) is 35.7 Å². The number of quaternary nitrogens is 1. The third kappa shape index (κ3) is 4.87. The minimum absolute atomic E-state index is 0.0859. The summed E-state index contributed by atoms with van der Waals surface area (Å²) in [6.07, 6.45) is 4.66. The molecule has 1 aliphatic carbocycles. The zero-order valence-electron chi connectivity index (χ0n) is 16.7. The molecule has 0 radical (unpaired) electrons. The molecule has 0 unspecified atom stereocenters. The molecular formula is C20H31ClN3O3S+. The number of rotatable bonds is 5. The highest BCUT2D eigenvalue weighted by molar-refractivity contribution is 7.89. The number of piperazine rings is 1. The second-order valence-electron chi connectivity index (χ2n) is 8.11. The van der Waals surface area contributed by atoms with E-state index in [4.69, 9.17) is 11.6 Å². The maximum atomic E-state index is 12.8. The van der Waals surface area contributed by atoms with Crippen LogP contribution in [0, 0.1) is 5.92 Å². The average Bonchev–Trinajstić information content (AvgIpc) is 2.69. The van der Waals surface area contributed by atoms with Gasteiger partial charge in [-0.25, -0.2) is 8.42 Å². The van der Waals surface area contributed by atoms with Gasteiger partial charge in [0, 0.05) is 11.1 Å². The SMILES string of the molecule is C[C@@H]1CCCC[C@H]1NC(=O)[C@@H](C)[NH+]1CCN(S(=O)(=O)c2ccc(Cl)cc2)CC1. The van der Waals surface area contributed by atoms with Gasteiger partial charge in [0.1, 0.15) is 0 Å². The summed E-state index contributed by atoms with van der Waals surface area (Å²) in [5.74, 6) is 0.615. The Kier molecular flexibility index (Phi) is 7.02. The molecule has 1 aromatic rings. The van der Waals surface area contributed by atoms with Crippen molar-refractivity contribution in [1.82, 2.24) is 9.62 Å². The molecule has 0 bridgehead atoms. The van der Waals surface area contributed by atoms with Crippen LogP contribution in [-0.2, 0) is 14.8 Å². The van der Waals surface area contributed by atoms with E-state index in [2.05, 4.69) is 12.2 Å². The molecule has 1 amide bonds. The van der Waals surface area contributed by atoms with E-state index in [0.29, 0.717) is 37.1 Å². The fourth-order valence-corrected chi connectivity index (χ4v) is 5.79. The van der Waals surface area contributed by atoms with Crippen molar-refractivity contribution in [1.29, 1.82) is 0 Å². The quantitative estimate of drug-likeness (QED) is 0.742. The van der Waals surface area contributed by atoms with Crippen LogP contribution >= 0.6 is 11.6 Å². The molecule has 156 valence electrons. The molecule has 1 saturated heterocycles. The van der Waals surface area contributed by atoms with Crippen molar-refractivity contribution in [3.63, 3.8) is 0 Å². The van der Waals surface area contributed by atoms with E-state index in [9.17, 15) is 13.2 Å². The fraction of sp³-hybridized carbons (Fsp3) is 0.650. The molecule has 8 heteroatoms. The van der Waals surface area contributed by atoms with E-state index in [1.54, 1.807) is 12.1 Å². The van der Waals surface area contributed by atoms with Gasteiger partial charge in [0.05, 0.1) is 31.1 Å². The average molecular weight is 429 g/mol. The lowest BCUT2D eigenvalue weighted by molar-refractivity contribution is -0.917. The first kappa shape index (κ1) is 21.6. The summed E-state index contributed by atoms with van der Waals surface area (Å²) in [5.41, 5.74) is 0. The topological polar surface area (TPSA) is 70.9 Å². The van der Waals surface area contributed by atoms with Crippen molar-refractivity contribution in [2.45, 2.75) is 56.5 Å². The number of nitrogens with zero attached hydrogens (tertiary/aromatic N) is 1. The molecule has 6 nitrogen and oxygen atoms in total. The second kappa shape index (κ2) is 9.11. The monoisotopic (exact) mass is 428 g/mol. The third-order valence-corrected chi connectivity index (χ3v) is 8.43. The molecule has 3 atom stereocenters. The van der Waals surface area contributed by atoms with Crippen molar-refractivity contribution in [2.75, 3.05) is 26.2 Å². The number of benzene rings is 1. The summed E-state index contributed by atoms with van der Waals surface area (Å²) in [6, 6.07) is 6.36. The summed E-state index contributed by atoms with van der Waals surface area (Å²) >= 11 is 5.86. The Morgan fingerprint density at radius 2 is 1.79 bits per heavy atom. The molecule has 0 aromatic heterocycles. The van der Waals surface area contributed by atoms with Crippen molar-refractivity contribution < 1.29 is 18.1 Å². The molecule has 1 aromatic carbocycles. The van der Waals surface area contributed by atoms with Gasteiger partial charge in [-0.3, -0.25) is 4.79 Å². The Bertz CT molecular complexity index is 776. The van der Waals surface area contributed by atoms with Crippen LogP contribution < -0.4 is 10.2 Å². The summed E-state index contributed by atoms with van der Waals surface area (Å²) in [4.78, 5) is 14.1. The Hall–Kier alpha value is -1.15. The Morgan fingerprint density at radius 3 is 2.39 bits per heavy atom. The van der Waals surface area contributed by atoms with Crippen LogP contribution in [0.4, 0.5) is 0 Å². The molecule has 28 heavy (non-hydrogen) atoms. The molecular weight excluding hydrogens is 398 g/mol. The number of nitrogens with one attached hydrogen (secondary N) is 2. The van der Waals surface area contributed by atoms with Gasteiger partial charge in [-0.15, -0.1) is 0 Å². The zero-order valence-corrected chi connectivity index (χ0v) is 18.2. The number of hydrogen-bond donors (Lipinski definition) is 2. The Labute approximate surface area is 173 Å². The molecule has 2 N–H and O–H groups in total. The van der Waals surface area contributed by atoms with E-state index in [-0.39, 0.29) is 22.9 Å². The number of sulfonamides is 1. The fourth-order valence-electron chi connectivity index (χ4n) is 4.23. The van der Waals surface area contributed by atoms with Gasteiger partial charge in [-0.1, -0.05) is 31.4 Å². The zero-order chi connectivity index (χ0) is 20.3. The lowest BCUT2D eigenvalue weighted by Crippen LogP contribution is -3.19. The summed E-state index contributed by atoms with van der Waals surface area (Å²) in [5, 5.41) is 3.75. The number of carbonyl (C=O) groups is 1. The van der Waals surface area contributed by atoms with Crippen LogP contribution in [0.1, 0.15) is 39.5 Å². The number of hydrogen-bond acceptors (Lipinski definition) is 3. The van der Waals surface area contributed by atoms with E-state index >= 15 is 0 Å². The summed E-state index contributed by atoms with van der Waals surface area (Å²) < 4.78 is 27.1. The van der Waals surface area contributed by atoms with Crippen molar-refractivity contribution in [3.05, 3.63) is 29.3 Å². The molecule has 0 spiro atoms. The van der Waals surface area contributed by atoms with Gasteiger partial charge in [0.25, 0.3) is 5.91 Å². The van der Waals surface area contributed by atoms with Crippen LogP contribution in [0.25, 0.3) is 0 Å². The van der Waals surface area contributed by atoms with Gasteiger partial charge in [0.2, 0.25) is 10.0 Å². The number of amides is 1. The Balaban J connectivity index is 1.55. The maximum Gasteiger partial charge on any atom is 0.278 e. The Morgan fingerprint density at radius 1 is 1.18 bits per heavy atom. The lowest BCUT2D eigenvalue weighted by atomic mass is 9.86. The van der Waals surface area contributed by atoms with Crippen LogP contribution in [0.2, 0.25) is 5.02 Å². The predicted molar refractivity (Wildman–Crippen MR) is 110 cm³/mol. The summed E-state index contributed by atoms with van der Waals surface area (Å²) in [7, 11) is -3.52. The van der Waals surface area contributed by atoms with Gasteiger partial charge >= 0.3 is 0 Å². The lowest BCUT2D eigenvalue weighted by Gasteiger charge is -2.35. The van der Waals surface area contributed by atoms with Crippen LogP contribution in [0.5, 0.6) is 0 Å². The van der Waals surface area contributed by atoms with Gasteiger partial charge in [0.15, 0.2) is 6.04 Å². The van der Waals surface area contributed by atoms with Crippen molar-refractivity contribution >= 4 is 27.5 Å². The summed E-state index contributed by atoms with van der Waals surface area (Å²) in [6.45, 7) is 6.24. The molecule has 2 fully saturated rings. The van der Waals surface area contributed by atoms with Crippen LogP contribution in [-0.4, -0.2) is 56.9 Å². The minimum atomic E-state index is -3.52. The second-order valence-corrected chi connectivity index (χ2v) is 10.5. The van der Waals surface area contributed by atoms with Gasteiger partial charge < -0.3 is 10.2 Å². The maximum absolute atomic E-state index is 12.8. The first-order chi connectivity index (χ1) is 13.3. The number of carbonyl (C=O) groups excluding carboxylic acids is 1. The highest BCUT2D eigenvalue weighted by Gasteiger charge is 2.35. The first-order valence-corrected chi connectivity index (χ1v) is 12.0. The standard InChI is InChI=1S/C20H30ClN3O3S/c1-15-5-3-4-6-19(15)22-20(25)16(2)23-11-13-24(14-12-23)28(26,27)18-9-7-17(21)8-10-18/h7-10,15-16,19H,3-6,11-14H2,1-2H3,(H,22,25)/p+1/t15-,16-,19-/m1/s1. The van der Waals surface area contributed by atoms with Crippen LogP contribution in [0.3, 0.4) is 0 Å². The van der Waals surface area contributed by atoms with Gasteiger partial charge in [-0.2, -0.15) is 4.31 Å². The van der Waals surface area contributed by atoms with Crippen molar-refractivity contribution in [2.24, 2.45) is 5.92 Å². The highest BCUT2D eigenvalue weighted by atomic mass is 35.5. The number of halogens is 1. The van der Waals surface area contributed by atoms with E-state index in [0.717, 1.165) is 11.3 Å². The van der Waals surface area contributed by atoms with Crippen LogP contribution in [0.15, 0.2) is 29.2 Å². The third-order valence-electron chi connectivity index (χ3n) is 6.26. The normalized spacial score (nSPS) is 26.0. The first-order valence-electron chi connectivity index (χ1n) is 10.2. The highest BCUT2D eigenvalue weighted by Crippen LogP contribution is 2.23. The van der Waals surface area contributed by atoms with Gasteiger partial charge in [-0.05, 0) is 49.9 Å². The molecule has 3 rings (SSSR count). The largest absolute Gasteiger partial charge is 0.348 e. The minimum Gasteiger partial charge on any atom is -0.348 e. The van der Waals surface area contributed by atoms with E-state index in [1.807, 2.05) is 6.92 Å². The molecule has 1 aliphatic heterocycles.